The lowest BCUT2D eigenvalue weighted by Crippen LogP contribution is -2.57. The van der Waals surface area contributed by atoms with Crippen LogP contribution < -0.4 is 4.90 Å². The van der Waals surface area contributed by atoms with E-state index in [2.05, 4.69) is 25.7 Å². The van der Waals surface area contributed by atoms with Gasteiger partial charge in [0.05, 0.1) is 5.69 Å². The molecule has 1 heterocycles. The Balaban J connectivity index is 1.62. The summed E-state index contributed by atoms with van der Waals surface area (Å²) in [5.41, 5.74) is -4.36. The molecule has 2 amide bonds. The number of imide groups is 1. The number of para-hydroxylation sites is 1. The minimum Gasteiger partial charge on any atom is -0.414 e. The van der Waals surface area contributed by atoms with E-state index < -0.39 is 40.7 Å². The smallest absolute Gasteiger partial charge is 0.414 e. The van der Waals surface area contributed by atoms with Gasteiger partial charge in [-0.05, 0) is 48.3 Å². The SMILES string of the molecule is CC1(C)C2CC(Cl)[C@@]1(C)C(C(=O)N1C(=O)OC(C#Cc3ccccc3)(C(F)(F)F)c3ccccc31)C2. The monoisotopic (exact) mass is 515 g/mol. The minimum atomic E-state index is -5.06. The second kappa shape index (κ2) is 8.01. The summed E-state index contributed by atoms with van der Waals surface area (Å²) >= 11 is 6.70. The number of carbonyl (C=O) groups is 2. The summed E-state index contributed by atoms with van der Waals surface area (Å²) in [7, 11) is 0. The van der Waals surface area contributed by atoms with Crippen molar-refractivity contribution in [2.45, 2.75) is 50.8 Å². The van der Waals surface area contributed by atoms with Gasteiger partial charge in [0, 0.05) is 27.8 Å². The van der Waals surface area contributed by atoms with Crippen molar-refractivity contribution in [2.24, 2.45) is 22.7 Å². The number of ether oxygens (including phenoxy) is 1. The maximum atomic E-state index is 14.6. The van der Waals surface area contributed by atoms with Crippen LogP contribution in [0.3, 0.4) is 0 Å². The van der Waals surface area contributed by atoms with Gasteiger partial charge >= 0.3 is 12.3 Å². The maximum Gasteiger partial charge on any atom is 0.445 e. The van der Waals surface area contributed by atoms with E-state index in [0.717, 1.165) is 11.3 Å². The lowest BCUT2D eigenvalue weighted by Gasteiger charge is -2.44. The average Bonchev–Trinajstić information content (AvgIpc) is 3.13. The Morgan fingerprint density at radius 2 is 1.69 bits per heavy atom. The molecule has 0 saturated heterocycles. The van der Waals surface area contributed by atoms with Crippen LogP contribution in [-0.4, -0.2) is 23.6 Å². The van der Waals surface area contributed by atoms with E-state index >= 15 is 0 Å². The van der Waals surface area contributed by atoms with Crippen LogP contribution in [0, 0.1) is 34.5 Å². The molecule has 0 aromatic heterocycles. The molecule has 4 unspecified atom stereocenters. The summed E-state index contributed by atoms with van der Waals surface area (Å²) in [5.74, 6) is 3.62. The Morgan fingerprint density at radius 1 is 1.06 bits per heavy atom. The molecule has 8 heteroatoms. The Bertz CT molecular complexity index is 1300. The fraction of sp³-hybridized carbons (Fsp3) is 0.429. The van der Waals surface area contributed by atoms with Crippen molar-refractivity contribution in [3.05, 3.63) is 65.7 Å². The highest BCUT2D eigenvalue weighted by Crippen LogP contribution is 2.70. The molecule has 2 aliphatic carbocycles. The summed E-state index contributed by atoms with van der Waals surface area (Å²) < 4.78 is 49.0. The van der Waals surface area contributed by atoms with E-state index in [-0.39, 0.29) is 22.4 Å². The van der Waals surface area contributed by atoms with Crippen LogP contribution in [0.2, 0.25) is 0 Å². The summed E-state index contributed by atoms with van der Waals surface area (Å²) in [4.78, 5) is 27.9. The zero-order valence-electron chi connectivity index (χ0n) is 20.0. The van der Waals surface area contributed by atoms with Gasteiger partial charge in [0.15, 0.2) is 0 Å². The van der Waals surface area contributed by atoms with E-state index in [1.165, 1.54) is 24.3 Å². The molecule has 4 nitrogen and oxygen atoms in total. The molecule has 1 aliphatic heterocycles. The molecular weight excluding hydrogens is 491 g/mol. The first-order chi connectivity index (χ1) is 16.8. The van der Waals surface area contributed by atoms with Crippen molar-refractivity contribution in [1.82, 2.24) is 0 Å². The summed E-state index contributed by atoms with van der Waals surface area (Å²) in [6.45, 7) is 6.06. The maximum absolute atomic E-state index is 14.6. The van der Waals surface area contributed by atoms with Crippen LogP contribution >= 0.6 is 11.6 Å². The molecule has 5 atom stereocenters. The van der Waals surface area contributed by atoms with Crippen molar-refractivity contribution in [3.63, 3.8) is 0 Å². The summed E-state index contributed by atoms with van der Waals surface area (Å²) in [6, 6.07) is 13.5. The van der Waals surface area contributed by atoms with E-state index in [1.807, 2.05) is 6.92 Å². The van der Waals surface area contributed by atoms with Crippen LogP contribution in [0.25, 0.3) is 0 Å². The number of fused-ring (bicyclic) bond motifs is 3. The number of rotatable bonds is 1. The third-order valence-corrected chi connectivity index (χ3v) is 9.45. The first-order valence-corrected chi connectivity index (χ1v) is 12.2. The van der Waals surface area contributed by atoms with Crippen molar-refractivity contribution in [3.8, 4) is 11.8 Å². The minimum absolute atomic E-state index is 0.168. The number of hydrogen-bond acceptors (Lipinski definition) is 3. The second-order valence-electron chi connectivity index (χ2n) is 10.5. The van der Waals surface area contributed by atoms with Gasteiger partial charge < -0.3 is 4.74 Å². The molecule has 36 heavy (non-hydrogen) atoms. The fourth-order valence-electron chi connectivity index (χ4n) is 6.29. The van der Waals surface area contributed by atoms with Gasteiger partial charge in [0.25, 0.3) is 5.60 Å². The predicted molar refractivity (Wildman–Crippen MR) is 129 cm³/mol. The Hall–Kier alpha value is -2.98. The molecule has 2 bridgehead atoms. The first kappa shape index (κ1) is 24.7. The van der Waals surface area contributed by atoms with Crippen LogP contribution in [0.15, 0.2) is 54.6 Å². The Labute approximate surface area is 212 Å². The summed E-state index contributed by atoms with van der Waals surface area (Å²) in [6.07, 6.45) is -5.19. The predicted octanol–water partition coefficient (Wildman–Crippen LogP) is 6.66. The van der Waals surface area contributed by atoms with Crippen LogP contribution in [-0.2, 0) is 15.1 Å². The van der Waals surface area contributed by atoms with Crippen LogP contribution in [0.4, 0.5) is 23.7 Å². The van der Waals surface area contributed by atoms with E-state index in [4.69, 9.17) is 16.3 Å². The van der Waals surface area contributed by atoms with E-state index in [0.29, 0.717) is 12.0 Å². The largest absolute Gasteiger partial charge is 0.445 e. The zero-order valence-corrected chi connectivity index (χ0v) is 20.8. The second-order valence-corrected chi connectivity index (χ2v) is 11.1. The topological polar surface area (TPSA) is 46.6 Å². The molecule has 2 fully saturated rings. The first-order valence-electron chi connectivity index (χ1n) is 11.8. The number of alkyl halides is 4. The van der Waals surface area contributed by atoms with E-state index in [1.54, 1.807) is 30.3 Å². The van der Waals surface area contributed by atoms with Crippen molar-refractivity contribution < 1.29 is 27.5 Å². The molecular formula is C28H25ClF3NO3. The number of carbonyl (C=O) groups excluding carboxylic acids is 2. The number of cyclic esters (lactones) is 1. The van der Waals surface area contributed by atoms with Crippen molar-refractivity contribution >= 4 is 29.3 Å². The number of halogens is 4. The highest BCUT2D eigenvalue weighted by Gasteiger charge is 2.69. The quantitative estimate of drug-likeness (QED) is 0.315. The summed E-state index contributed by atoms with van der Waals surface area (Å²) in [5, 5.41) is -0.290. The van der Waals surface area contributed by atoms with Crippen LogP contribution in [0.1, 0.15) is 44.7 Å². The standard InChI is InChI=1S/C28H25ClF3NO3/c1-25(2)18-15-20(26(25,3)22(29)16-18)23(34)33-21-12-8-7-11-19(21)27(28(30,31)32,36-24(33)35)14-13-17-9-5-4-6-10-17/h4-12,18,20,22H,15-16H2,1-3H3/t18?,20?,22?,26-,27?/m1/s1. The normalized spacial score (nSPS) is 32.4. The lowest BCUT2D eigenvalue weighted by molar-refractivity contribution is -0.240. The molecule has 188 valence electrons. The molecule has 0 radical (unpaired) electrons. The number of amides is 2. The fourth-order valence-corrected chi connectivity index (χ4v) is 6.94. The van der Waals surface area contributed by atoms with Gasteiger partial charge in [-0.25, -0.2) is 9.69 Å². The lowest BCUT2D eigenvalue weighted by atomic mass is 9.66. The van der Waals surface area contributed by atoms with Gasteiger partial charge in [0.2, 0.25) is 5.91 Å². The number of anilines is 1. The third kappa shape index (κ3) is 3.23. The number of nitrogens with zero attached hydrogens (tertiary/aromatic N) is 1. The number of benzene rings is 2. The highest BCUT2D eigenvalue weighted by molar-refractivity contribution is 6.22. The highest BCUT2D eigenvalue weighted by atomic mass is 35.5. The molecule has 2 aromatic carbocycles. The van der Waals surface area contributed by atoms with Crippen LogP contribution in [0.5, 0.6) is 0 Å². The average molecular weight is 516 g/mol. The molecule has 2 aromatic rings. The Morgan fingerprint density at radius 3 is 2.31 bits per heavy atom. The van der Waals surface area contributed by atoms with Gasteiger partial charge in [-0.2, -0.15) is 13.2 Å². The van der Waals surface area contributed by atoms with Gasteiger partial charge in [0.1, 0.15) is 0 Å². The Kier molecular flexibility index (Phi) is 5.50. The molecule has 5 rings (SSSR count). The van der Waals surface area contributed by atoms with Crippen molar-refractivity contribution in [2.75, 3.05) is 4.90 Å². The molecule has 3 aliphatic rings. The van der Waals surface area contributed by atoms with Crippen molar-refractivity contribution in [1.29, 1.82) is 0 Å². The van der Waals surface area contributed by atoms with E-state index in [9.17, 15) is 22.8 Å². The molecule has 0 spiro atoms. The van der Waals surface area contributed by atoms with Gasteiger partial charge in [-0.1, -0.05) is 63.1 Å². The molecule has 2 saturated carbocycles. The zero-order chi connectivity index (χ0) is 26.1. The third-order valence-electron chi connectivity index (χ3n) is 8.82. The number of hydrogen-bond donors (Lipinski definition) is 0. The van der Waals surface area contributed by atoms with Gasteiger partial charge in [-0.15, -0.1) is 11.6 Å². The van der Waals surface area contributed by atoms with Gasteiger partial charge in [-0.3, -0.25) is 4.79 Å². The molecule has 0 N–H and O–H groups in total.